The molecule has 0 fully saturated rings. The first-order valence-electron chi connectivity index (χ1n) is 13.0. The van der Waals surface area contributed by atoms with E-state index in [9.17, 15) is 14.7 Å². The Labute approximate surface area is 212 Å². The number of nitrogens with one attached hydrogen (secondary N) is 1. The van der Waals surface area contributed by atoms with Crippen LogP contribution >= 0.6 is 0 Å². The van der Waals surface area contributed by atoms with Crippen molar-refractivity contribution in [1.82, 2.24) is 10.2 Å². The average molecular weight is 489 g/mol. The van der Waals surface area contributed by atoms with Crippen LogP contribution in [0.5, 0.6) is 0 Å². The van der Waals surface area contributed by atoms with Crippen LogP contribution in [0.1, 0.15) is 104 Å². The molecule has 1 heterocycles. The second-order valence-corrected chi connectivity index (χ2v) is 11.0. The SMILES string of the molecule is CCC1(CC)CC(=O)N([C@@H]2C[C@@H](C)c3ccc(C(=O)N[C@@H]4c5ccccc5C[C@]4(C)O)cc32)C(N)=N1. The van der Waals surface area contributed by atoms with E-state index in [0.717, 1.165) is 41.5 Å². The van der Waals surface area contributed by atoms with Crippen molar-refractivity contribution in [2.75, 3.05) is 0 Å². The van der Waals surface area contributed by atoms with Crippen LogP contribution < -0.4 is 11.1 Å². The third-order valence-electron chi connectivity index (χ3n) is 8.60. The normalized spacial score (nSPS) is 28.5. The summed E-state index contributed by atoms with van der Waals surface area (Å²) < 4.78 is 0. The van der Waals surface area contributed by atoms with E-state index in [1.54, 1.807) is 11.8 Å². The number of guanidine groups is 1. The van der Waals surface area contributed by atoms with Crippen LogP contribution in [0, 0.1) is 0 Å². The molecule has 0 unspecified atom stereocenters. The van der Waals surface area contributed by atoms with Crippen molar-refractivity contribution in [3.63, 3.8) is 0 Å². The number of amides is 2. The fraction of sp³-hybridized carbons (Fsp3) is 0.483. The molecule has 0 radical (unpaired) electrons. The van der Waals surface area contributed by atoms with Crippen molar-refractivity contribution in [1.29, 1.82) is 0 Å². The maximum Gasteiger partial charge on any atom is 0.251 e. The lowest BCUT2D eigenvalue weighted by atomic mass is 9.87. The molecule has 0 saturated carbocycles. The van der Waals surface area contributed by atoms with Gasteiger partial charge in [-0.1, -0.05) is 51.1 Å². The summed E-state index contributed by atoms with van der Waals surface area (Å²) in [4.78, 5) is 33.2. The van der Waals surface area contributed by atoms with Gasteiger partial charge in [-0.3, -0.25) is 14.5 Å². The number of aliphatic hydroxyl groups is 1. The van der Waals surface area contributed by atoms with E-state index >= 15 is 0 Å². The Morgan fingerprint density at radius 2 is 1.86 bits per heavy atom. The van der Waals surface area contributed by atoms with Crippen LogP contribution in [0.25, 0.3) is 0 Å². The van der Waals surface area contributed by atoms with E-state index in [1.807, 2.05) is 56.3 Å². The molecule has 4 atom stereocenters. The van der Waals surface area contributed by atoms with Crippen LogP contribution in [-0.4, -0.2) is 38.9 Å². The number of fused-ring (bicyclic) bond motifs is 2. The van der Waals surface area contributed by atoms with Gasteiger partial charge in [0.2, 0.25) is 5.91 Å². The lowest BCUT2D eigenvalue weighted by Crippen LogP contribution is -2.52. The fourth-order valence-corrected chi connectivity index (χ4v) is 6.36. The first-order chi connectivity index (χ1) is 17.1. The molecular formula is C29H36N4O3. The van der Waals surface area contributed by atoms with Gasteiger partial charge in [0.05, 0.1) is 29.6 Å². The standard InChI is InChI=1S/C29H36N4O3/c1-5-29(6-2)16-24(34)33(27(30)32-29)23-13-17(3)20-12-11-18(14-22(20)23)26(35)31-25-21-10-8-7-9-19(21)15-28(25,4)36/h7-12,14,17,23,25,36H,5-6,13,15-16H2,1-4H3,(H2,30,32)(H,31,35)/t17-,23-,25-,28+/m1/s1. The lowest BCUT2D eigenvalue weighted by Gasteiger charge is -2.39. The van der Waals surface area contributed by atoms with Gasteiger partial charge in [0, 0.05) is 12.0 Å². The van der Waals surface area contributed by atoms with Gasteiger partial charge >= 0.3 is 0 Å². The predicted molar refractivity (Wildman–Crippen MR) is 140 cm³/mol. The van der Waals surface area contributed by atoms with Gasteiger partial charge in [-0.25, -0.2) is 4.99 Å². The summed E-state index contributed by atoms with van der Waals surface area (Å²) in [7, 11) is 0. The number of nitrogens with zero attached hydrogens (tertiary/aromatic N) is 2. The summed E-state index contributed by atoms with van der Waals surface area (Å²) in [5, 5.41) is 14.1. The van der Waals surface area contributed by atoms with Crippen molar-refractivity contribution >= 4 is 17.8 Å². The summed E-state index contributed by atoms with van der Waals surface area (Å²) >= 11 is 0. The van der Waals surface area contributed by atoms with Gasteiger partial charge < -0.3 is 16.2 Å². The lowest BCUT2D eigenvalue weighted by molar-refractivity contribution is -0.131. The van der Waals surface area contributed by atoms with E-state index in [0.29, 0.717) is 18.4 Å². The summed E-state index contributed by atoms with van der Waals surface area (Å²) in [5.41, 5.74) is 9.48. The Morgan fingerprint density at radius 3 is 2.56 bits per heavy atom. The maximum absolute atomic E-state index is 13.4. The summed E-state index contributed by atoms with van der Waals surface area (Å²) in [6, 6.07) is 12.8. The highest BCUT2D eigenvalue weighted by Gasteiger charge is 2.44. The minimum Gasteiger partial charge on any atom is -0.387 e. The Balaban J connectivity index is 1.45. The molecule has 2 aromatic carbocycles. The van der Waals surface area contributed by atoms with Crippen LogP contribution in [-0.2, 0) is 11.2 Å². The van der Waals surface area contributed by atoms with Crippen molar-refractivity contribution in [3.05, 3.63) is 70.3 Å². The van der Waals surface area contributed by atoms with E-state index < -0.39 is 17.2 Å². The number of hydrogen-bond acceptors (Lipinski definition) is 5. The number of carbonyl (C=O) groups is 2. The third-order valence-corrected chi connectivity index (χ3v) is 8.60. The average Bonchev–Trinajstić information content (AvgIpc) is 3.30. The zero-order valence-electron chi connectivity index (χ0n) is 21.5. The molecule has 7 heteroatoms. The number of carbonyl (C=O) groups excluding carboxylic acids is 2. The number of rotatable bonds is 5. The van der Waals surface area contributed by atoms with E-state index in [2.05, 4.69) is 12.2 Å². The fourth-order valence-electron chi connectivity index (χ4n) is 6.36. The highest BCUT2D eigenvalue weighted by molar-refractivity contribution is 6.00. The van der Waals surface area contributed by atoms with Gasteiger partial charge in [-0.2, -0.15) is 0 Å². The first kappa shape index (κ1) is 24.5. The number of nitrogens with two attached hydrogens (primary N) is 1. The molecule has 0 aromatic heterocycles. The predicted octanol–water partition coefficient (Wildman–Crippen LogP) is 4.12. The highest BCUT2D eigenvalue weighted by atomic mass is 16.3. The van der Waals surface area contributed by atoms with Crippen LogP contribution in [0.4, 0.5) is 0 Å². The third kappa shape index (κ3) is 3.90. The molecule has 1 aliphatic heterocycles. The molecule has 3 aliphatic rings. The molecule has 0 spiro atoms. The monoisotopic (exact) mass is 488 g/mol. The summed E-state index contributed by atoms with van der Waals surface area (Å²) in [5.74, 6) is 0.244. The molecule has 0 saturated heterocycles. The maximum atomic E-state index is 13.4. The van der Waals surface area contributed by atoms with E-state index in [1.165, 1.54) is 0 Å². The molecule has 190 valence electrons. The van der Waals surface area contributed by atoms with Crippen molar-refractivity contribution in [3.8, 4) is 0 Å². The zero-order valence-corrected chi connectivity index (χ0v) is 21.5. The second kappa shape index (κ2) is 8.73. The molecular weight excluding hydrogens is 452 g/mol. The van der Waals surface area contributed by atoms with Crippen molar-refractivity contribution in [2.24, 2.45) is 10.7 Å². The van der Waals surface area contributed by atoms with Crippen LogP contribution in [0.15, 0.2) is 47.5 Å². The minimum absolute atomic E-state index is 0.00952. The Morgan fingerprint density at radius 1 is 1.14 bits per heavy atom. The quantitative estimate of drug-likeness (QED) is 0.588. The number of aliphatic imine (C=N–C) groups is 1. The molecule has 2 amide bonds. The Hall–Kier alpha value is -3.19. The minimum atomic E-state index is -1.07. The Bertz CT molecular complexity index is 1250. The van der Waals surface area contributed by atoms with Crippen LogP contribution in [0.2, 0.25) is 0 Å². The number of benzene rings is 2. The highest BCUT2D eigenvalue weighted by Crippen LogP contribution is 2.46. The van der Waals surface area contributed by atoms with Gasteiger partial charge in [0.1, 0.15) is 0 Å². The van der Waals surface area contributed by atoms with Gasteiger partial charge in [-0.05, 0) is 66.5 Å². The molecule has 4 N–H and O–H groups in total. The molecule has 0 bridgehead atoms. The van der Waals surface area contributed by atoms with Crippen molar-refractivity contribution in [2.45, 2.75) is 88.9 Å². The molecule has 2 aliphatic carbocycles. The topological polar surface area (TPSA) is 108 Å². The van der Waals surface area contributed by atoms with Gasteiger partial charge in [0.15, 0.2) is 5.96 Å². The molecule has 36 heavy (non-hydrogen) atoms. The van der Waals surface area contributed by atoms with Crippen LogP contribution in [0.3, 0.4) is 0 Å². The van der Waals surface area contributed by atoms with Gasteiger partial charge in [-0.15, -0.1) is 0 Å². The zero-order chi connectivity index (χ0) is 25.8. The van der Waals surface area contributed by atoms with Gasteiger partial charge in [0.25, 0.3) is 5.91 Å². The van der Waals surface area contributed by atoms with E-state index in [-0.39, 0.29) is 29.7 Å². The summed E-state index contributed by atoms with van der Waals surface area (Å²) in [6.45, 7) is 7.98. The molecule has 2 aromatic rings. The number of hydrogen-bond donors (Lipinski definition) is 3. The van der Waals surface area contributed by atoms with Crippen molar-refractivity contribution < 1.29 is 14.7 Å². The first-order valence-corrected chi connectivity index (χ1v) is 13.0. The molecule has 7 nitrogen and oxygen atoms in total. The summed E-state index contributed by atoms with van der Waals surface area (Å²) in [6.07, 6.45) is 3.10. The smallest absolute Gasteiger partial charge is 0.251 e. The van der Waals surface area contributed by atoms with E-state index in [4.69, 9.17) is 10.7 Å². The second-order valence-electron chi connectivity index (χ2n) is 11.0. The Kier molecular flexibility index (Phi) is 5.94. The largest absolute Gasteiger partial charge is 0.387 e. The molecule has 5 rings (SSSR count).